The molecule has 0 aliphatic carbocycles. The Morgan fingerprint density at radius 3 is 2.81 bits per heavy atom. The minimum Gasteiger partial charge on any atom is -0.481 e. The van der Waals surface area contributed by atoms with Gasteiger partial charge in [0.15, 0.2) is 0 Å². The van der Waals surface area contributed by atoms with E-state index in [1.54, 1.807) is 19.5 Å². The van der Waals surface area contributed by atoms with Crippen molar-refractivity contribution in [2.24, 2.45) is 0 Å². The lowest BCUT2D eigenvalue weighted by molar-refractivity contribution is 0.397. The van der Waals surface area contributed by atoms with Crippen LogP contribution in [-0.4, -0.2) is 17.1 Å². The van der Waals surface area contributed by atoms with E-state index in [1.807, 2.05) is 36.4 Å². The molecule has 0 saturated carbocycles. The molecular weight excluding hydrogens is 264 g/mol. The van der Waals surface area contributed by atoms with Gasteiger partial charge in [0.1, 0.15) is 0 Å². The Balaban J connectivity index is 1.79. The van der Waals surface area contributed by atoms with Crippen molar-refractivity contribution in [1.82, 2.24) is 9.97 Å². The molecule has 3 N–H and O–H groups in total. The van der Waals surface area contributed by atoms with Crippen molar-refractivity contribution in [2.45, 2.75) is 6.54 Å². The second kappa shape index (κ2) is 5.66. The van der Waals surface area contributed by atoms with Crippen LogP contribution < -0.4 is 15.8 Å². The van der Waals surface area contributed by atoms with E-state index in [2.05, 4.69) is 15.3 Å². The molecule has 0 aliphatic rings. The zero-order valence-electron chi connectivity index (χ0n) is 11.7. The summed E-state index contributed by atoms with van der Waals surface area (Å²) in [6.45, 7) is 0.646. The first-order valence-corrected chi connectivity index (χ1v) is 6.64. The van der Waals surface area contributed by atoms with E-state index in [9.17, 15) is 0 Å². The van der Waals surface area contributed by atoms with Crippen molar-refractivity contribution in [1.29, 1.82) is 0 Å². The second-order valence-electron chi connectivity index (χ2n) is 4.66. The van der Waals surface area contributed by atoms with Crippen molar-refractivity contribution in [3.05, 3.63) is 54.4 Å². The van der Waals surface area contributed by atoms with Crippen LogP contribution in [0.3, 0.4) is 0 Å². The topological polar surface area (TPSA) is 73.1 Å². The van der Waals surface area contributed by atoms with Gasteiger partial charge in [-0.05, 0) is 29.8 Å². The third kappa shape index (κ3) is 2.72. The normalized spacial score (nSPS) is 10.5. The smallest absolute Gasteiger partial charge is 0.212 e. The van der Waals surface area contributed by atoms with Crippen molar-refractivity contribution in [2.75, 3.05) is 18.2 Å². The predicted octanol–water partition coefficient (Wildman–Crippen LogP) is 2.83. The standard InChI is InChI=1S/C16H16N4O/c1-21-15-7-4-11(10-20-15)9-19-14-6-5-13-12(16(14)17)3-2-8-18-13/h2-8,10,19H,9,17H2,1H3. The van der Waals surface area contributed by atoms with Crippen LogP contribution in [0.15, 0.2) is 48.8 Å². The highest BCUT2D eigenvalue weighted by Crippen LogP contribution is 2.27. The average molecular weight is 280 g/mol. The number of rotatable bonds is 4. The van der Waals surface area contributed by atoms with Gasteiger partial charge in [-0.1, -0.05) is 6.07 Å². The minimum absolute atomic E-state index is 0.607. The van der Waals surface area contributed by atoms with Gasteiger partial charge in [0.05, 0.1) is 24.0 Å². The first-order chi connectivity index (χ1) is 10.3. The molecular formula is C16H16N4O. The fraction of sp³-hybridized carbons (Fsp3) is 0.125. The summed E-state index contributed by atoms with van der Waals surface area (Å²) >= 11 is 0. The van der Waals surface area contributed by atoms with Crippen molar-refractivity contribution < 1.29 is 4.74 Å². The summed E-state index contributed by atoms with van der Waals surface area (Å²) < 4.78 is 5.04. The molecule has 5 nitrogen and oxygen atoms in total. The van der Waals surface area contributed by atoms with Crippen LogP contribution >= 0.6 is 0 Å². The van der Waals surface area contributed by atoms with Gasteiger partial charge in [0.2, 0.25) is 5.88 Å². The number of benzene rings is 1. The number of pyridine rings is 2. The van der Waals surface area contributed by atoms with Crippen molar-refractivity contribution in [3.63, 3.8) is 0 Å². The first-order valence-electron chi connectivity index (χ1n) is 6.64. The number of nitrogen functional groups attached to an aromatic ring is 1. The van der Waals surface area contributed by atoms with Gasteiger partial charge in [-0.2, -0.15) is 0 Å². The largest absolute Gasteiger partial charge is 0.481 e. The molecule has 0 spiro atoms. The monoisotopic (exact) mass is 280 g/mol. The molecule has 5 heteroatoms. The second-order valence-corrected chi connectivity index (χ2v) is 4.66. The Bertz CT molecular complexity index is 756. The van der Waals surface area contributed by atoms with Crippen LogP contribution in [0.25, 0.3) is 10.9 Å². The van der Waals surface area contributed by atoms with Gasteiger partial charge in [-0.3, -0.25) is 4.98 Å². The van der Waals surface area contributed by atoms with Crippen LogP contribution in [0, 0.1) is 0 Å². The molecule has 2 heterocycles. The summed E-state index contributed by atoms with van der Waals surface area (Å²) in [5.74, 6) is 0.607. The quantitative estimate of drug-likeness (QED) is 0.719. The van der Waals surface area contributed by atoms with Gasteiger partial charge < -0.3 is 15.8 Å². The van der Waals surface area contributed by atoms with E-state index in [-0.39, 0.29) is 0 Å². The molecule has 21 heavy (non-hydrogen) atoms. The van der Waals surface area contributed by atoms with Crippen LogP contribution in [-0.2, 0) is 6.54 Å². The van der Waals surface area contributed by atoms with Crippen LogP contribution in [0.1, 0.15) is 5.56 Å². The average Bonchev–Trinajstić information content (AvgIpc) is 2.55. The molecule has 0 radical (unpaired) electrons. The van der Waals surface area contributed by atoms with Crippen LogP contribution in [0.2, 0.25) is 0 Å². The Morgan fingerprint density at radius 2 is 2.05 bits per heavy atom. The van der Waals surface area contributed by atoms with Crippen molar-refractivity contribution in [3.8, 4) is 5.88 Å². The lowest BCUT2D eigenvalue weighted by atomic mass is 10.1. The summed E-state index contributed by atoms with van der Waals surface area (Å²) in [6, 6.07) is 11.6. The number of fused-ring (bicyclic) bond motifs is 1. The zero-order chi connectivity index (χ0) is 14.7. The van der Waals surface area contributed by atoms with Gasteiger partial charge in [-0.15, -0.1) is 0 Å². The summed E-state index contributed by atoms with van der Waals surface area (Å²) in [7, 11) is 1.60. The number of hydrogen-bond acceptors (Lipinski definition) is 5. The molecule has 1 aromatic carbocycles. The van der Waals surface area contributed by atoms with Gasteiger partial charge in [-0.25, -0.2) is 4.98 Å². The first kappa shape index (κ1) is 13.2. The summed E-state index contributed by atoms with van der Waals surface area (Å²) in [6.07, 6.45) is 3.54. The fourth-order valence-corrected chi connectivity index (χ4v) is 2.16. The number of hydrogen-bond donors (Lipinski definition) is 2. The van der Waals surface area contributed by atoms with E-state index in [0.29, 0.717) is 18.1 Å². The van der Waals surface area contributed by atoms with E-state index in [4.69, 9.17) is 10.5 Å². The molecule has 0 fully saturated rings. The predicted molar refractivity (Wildman–Crippen MR) is 84.3 cm³/mol. The SMILES string of the molecule is COc1ccc(CNc2ccc3ncccc3c2N)cn1. The van der Waals surface area contributed by atoms with E-state index in [0.717, 1.165) is 22.2 Å². The molecule has 0 bridgehead atoms. The van der Waals surface area contributed by atoms with E-state index >= 15 is 0 Å². The number of aromatic nitrogens is 2. The maximum absolute atomic E-state index is 6.19. The number of anilines is 2. The Labute approximate surface area is 122 Å². The number of nitrogens with one attached hydrogen (secondary N) is 1. The number of nitrogens with two attached hydrogens (primary N) is 1. The summed E-state index contributed by atoms with van der Waals surface area (Å²) in [4.78, 5) is 8.47. The molecule has 0 unspecified atom stereocenters. The molecule has 0 atom stereocenters. The Hall–Kier alpha value is -2.82. The Morgan fingerprint density at radius 1 is 1.14 bits per heavy atom. The molecule has 106 valence electrons. The van der Waals surface area contributed by atoms with Crippen LogP contribution in [0.4, 0.5) is 11.4 Å². The summed E-state index contributed by atoms with van der Waals surface area (Å²) in [5, 5.41) is 4.28. The van der Waals surface area contributed by atoms with Gasteiger partial charge >= 0.3 is 0 Å². The Kier molecular flexibility index (Phi) is 3.55. The highest BCUT2D eigenvalue weighted by Gasteiger charge is 2.05. The van der Waals surface area contributed by atoms with Crippen molar-refractivity contribution >= 4 is 22.3 Å². The zero-order valence-corrected chi connectivity index (χ0v) is 11.7. The highest BCUT2D eigenvalue weighted by atomic mass is 16.5. The molecule has 0 amide bonds. The maximum atomic E-state index is 6.19. The molecule has 3 aromatic rings. The van der Waals surface area contributed by atoms with Gasteiger partial charge in [0, 0.05) is 30.4 Å². The fourth-order valence-electron chi connectivity index (χ4n) is 2.16. The lowest BCUT2D eigenvalue weighted by Crippen LogP contribution is -2.03. The summed E-state index contributed by atoms with van der Waals surface area (Å²) in [5.41, 5.74) is 9.75. The molecule has 0 aliphatic heterocycles. The minimum atomic E-state index is 0.607. The third-order valence-electron chi connectivity index (χ3n) is 3.32. The number of nitrogens with zero attached hydrogens (tertiary/aromatic N) is 2. The molecule has 0 saturated heterocycles. The third-order valence-corrected chi connectivity index (χ3v) is 3.32. The molecule has 2 aromatic heterocycles. The maximum Gasteiger partial charge on any atom is 0.212 e. The highest BCUT2D eigenvalue weighted by molar-refractivity contribution is 5.96. The van der Waals surface area contributed by atoms with Gasteiger partial charge in [0.25, 0.3) is 0 Å². The van der Waals surface area contributed by atoms with E-state index < -0.39 is 0 Å². The van der Waals surface area contributed by atoms with E-state index in [1.165, 1.54) is 0 Å². The lowest BCUT2D eigenvalue weighted by Gasteiger charge is -2.11. The molecule has 3 rings (SSSR count). The number of ether oxygens (including phenoxy) is 1. The number of methoxy groups -OCH3 is 1. The van der Waals surface area contributed by atoms with Crippen LogP contribution in [0.5, 0.6) is 5.88 Å².